The standard InChI is InChI=1S/C12H14O4/c1-3-16-12(14)10-7-5-4-6-9(10)11(13)8-15-2/h4-7H,3,8H2,1-2H3. The van der Waals surface area contributed by atoms with Gasteiger partial charge in [-0.25, -0.2) is 4.79 Å². The maximum Gasteiger partial charge on any atom is 0.338 e. The van der Waals surface area contributed by atoms with Crippen LogP contribution in [0.4, 0.5) is 0 Å². The van der Waals surface area contributed by atoms with Crippen LogP contribution in [-0.4, -0.2) is 32.1 Å². The van der Waals surface area contributed by atoms with Gasteiger partial charge in [-0.2, -0.15) is 0 Å². The van der Waals surface area contributed by atoms with Crippen molar-refractivity contribution < 1.29 is 19.1 Å². The molecule has 0 saturated heterocycles. The number of hydrogen-bond acceptors (Lipinski definition) is 4. The summed E-state index contributed by atoms with van der Waals surface area (Å²) in [5.74, 6) is -0.714. The monoisotopic (exact) mass is 222 g/mol. The summed E-state index contributed by atoms with van der Waals surface area (Å²) >= 11 is 0. The molecule has 4 nitrogen and oxygen atoms in total. The van der Waals surface area contributed by atoms with Crippen LogP contribution in [-0.2, 0) is 9.47 Å². The highest BCUT2D eigenvalue weighted by Gasteiger charge is 2.16. The first kappa shape index (κ1) is 12.4. The van der Waals surface area contributed by atoms with Gasteiger partial charge in [0.05, 0.1) is 12.2 Å². The number of ether oxygens (including phenoxy) is 2. The van der Waals surface area contributed by atoms with Gasteiger partial charge in [0.15, 0.2) is 5.78 Å². The predicted molar refractivity (Wildman–Crippen MR) is 58.6 cm³/mol. The van der Waals surface area contributed by atoms with E-state index in [0.29, 0.717) is 5.56 Å². The molecule has 4 heteroatoms. The molecule has 0 atom stereocenters. The first-order valence-electron chi connectivity index (χ1n) is 4.99. The third kappa shape index (κ3) is 2.90. The molecular weight excluding hydrogens is 208 g/mol. The second-order valence-corrected chi connectivity index (χ2v) is 3.12. The number of hydrogen-bond donors (Lipinski definition) is 0. The van der Waals surface area contributed by atoms with E-state index in [1.807, 2.05) is 0 Å². The zero-order chi connectivity index (χ0) is 12.0. The number of methoxy groups -OCH3 is 1. The molecule has 16 heavy (non-hydrogen) atoms. The average molecular weight is 222 g/mol. The van der Waals surface area contributed by atoms with Crippen LogP contribution in [0.3, 0.4) is 0 Å². The quantitative estimate of drug-likeness (QED) is 0.562. The molecule has 0 N–H and O–H groups in total. The lowest BCUT2D eigenvalue weighted by Crippen LogP contribution is -2.14. The Morgan fingerprint density at radius 2 is 1.81 bits per heavy atom. The first-order valence-corrected chi connectivity index (χ1v) is 4.99. The van der Waals surface area contributed by atoms with Gasteiger partial charge in [0.25, 0.3) is 0 Å². The molecule has 0 spiro atoms. The third-order valence-electron chi connectivity index (χ3n) is 2.00. The van der Waals surface area contributed by atoms with Gasteiger partial charge in [-0.15, -0.1) is 0 Å². The van der Waals surface area contributed by atoms with Gasteiger partial charge in [-0.3, -0.25) is 4.79 Å². The van der Waals surface area contributed by atoms with Gasteiger partial charge in [-0.05, 0) is 13.0 Å². The van der Waals surface area contributed by atoms with Crippen LogP contribution in [0, 0.1) is 0 Å². The largest absolute Gasteiger partial charge is 0.462 e. The van der Waals surface area contributed by atoms with E-state index in [0.717, 1.165) is 0 Å². The number of Topliss-reactive ketones (excluding diaryl/α,β-unsaturated/α-hetero) is 1. The molecule has 0 aliphatic heterocycles. The number of ketones is 1. The van der Waals surface area contributed by atoms with E-state index in [1.165, 1.54) is 7.11 Å². The smallest absolute Gasteiger partial charge is 0.338 e. The predicted octanol–water partition coefficient (Wildman–Crippen LogP) is 1.69. The molecular formula is C12H14O4. The first-order chi connectivity index (χ1) is 7.70. The highest BCUT2D eigenvalue weighted by Crippen LogP contribution is 2.11. The zero-order valence-electron chi connectivity index (χ0n) is 9.36. The Kier molecular flexibility index (Phi) is 4.66. The molecule has 0 saturated carbocycles. The molecule has 0 heterocycles. The molecule has 1 aromatic carbocycles. The summed E-state index contributed by atoms with van der Waals surface area (Å²) in [4.78, 5) is 23.2. The summed E-state index contributed by atoms with van der Waals surface area (Å²) in [5.41, 5.74) is 0.620. The minimum atomic E-state index is -0.484. The highest BCUT2D eigenvalue weighted by atomic mass is 16.5. The Bertz CT molecular complexity index is 347. The van der Waals surface area contributed by atoms with Crippen molar-refractivity contribution in [2.24, 2.45) is 0 Å². The molecule has 0 aliphatic rings. The summed E-state index contributed by atoms with van der Waals surface area (Å²) in [6, 6.07) is 6.55. The third-order valence-corrected chi connectivity index (χ3v) is 2.00. The van der Waals surface area contributed by atoms with Crippen molar-refractivity contribution in [3.05, 3.63) is 35.4 Å². The topological polar surface area (TPSA) is 52.6 Å². The van der Waals surface area contributed by atoms with Crippen LogP contribution in [0.2, 0.25) is 0 Å². The minimum absolute atomic E-state index is 0.0452. The van der Waals surface area contributed by atoms with Gasteiger partial charge >= 0.3 is 5.97 Å². The summed E-state index contributed by atoms with van der Waals surface area (Å²) in [6.45, 7) is 1.96. The van der Waals surface area contributed by atoms with Crippen LogP contribution >= 0.6 is 0 Å². The molecule has 86 valence electrons. The van der Waals surface area contributed by atoms with Crippen molar-refractivity contribution in [1.29, 1.82) is 0 Å². The van der Waals surface area contributed by atoms with Crippen LogP contribution in [0.25, 0.3) is 0 Å². The molecule has 0 aliphatic carbocycles. The fourth-order valence-electron chi connectivity index (χ4n) is 1.32. The van der Waals surface area contributed by atoms with E-state index in [1.54, 1.807) is 31.2 Å². The van der Waals surface area contributed by atoms with Crippen molar-refractivity contribution in [2.45, 2.75) is 6.92 Å². The minimum Gasteiger partial charge on any atom is -0.462 e. The van der Waals surface area contributed by atoms with Crippen LogP contribution in [0.5, 0.6) is 0 Å². The Hall–Kier alpha value is -1.68. The van der Waals surface area contributed by atoms with Crippen molar-refractivity contribution in [2.75, 3.05) is 20.3 Å². The second-order valence-electron chi connectivity index (χ2n) is 3.12. The van der Waals surface area contributed by atoms with Crippen molar-refractivity contribution >= 4 is 11.8 Å². The molecule has 0 unspecified atom stereocenters. The maximum atomic E-state index is 11.6. The summed E-state index contributed by atoms with van der Waals surface area (Å²) in [6.07, 6.45) is 0. The van der Waals surface area contributed by atoms with Gasteiger partial charge in [0.1, 0.15) is 6.61 Å². The SMILES string of the molecule is CCOC(=O)c1ccccc1C(=O)COC. The zero-order valence-corrected chi connectivity index (χ0v) is 9.36. The van der Waals surface area contributed by atoms with E-state index < -0.39 is 5.97 Å². The number of carbonyl (C=O) groups excluding carboxylic acids is 2. The average Bonchev–Trinajstić information content (AvgIpc) is 2.30. The maximum absolute atomic E-state index is 11.6. The molecule has 1 aromatic rings. The van der Waals surface area contributed by atoms with Crippen LogP contribution in [0.15, 0.2) is 24.3 Å². The van der Waals surface area contributed by atoms with E-state index in [9.17, 15) is 9.59 Å². The molecule has 0 aromatic heterocycles. The van der Waals surface area contributed by atoms with Crippen LogP contribution < -0.4 is 0 Å². The summed E-state index contributed by atoms with van der Waals surface area (Å²) < 4.78 is 9.62. The number of esters is 1. The Balaban J connectivity index is 3.00. The normalized spacial score (nSPS) is 9.88. The van der Waals surface area contributed by atoms with E-state index in [-0.39, 0.29) is 24.6 Å². The van der Waals surface area contributed by atoms with Gasteiger partial charge in [-0.1, -0.05) is 18.2 Å². The lowest BCUT2D eigenvalue weighted by Gasteiger charge is -2.07. The Labute approximate surface area is 94.2 Å². The number of rotatable bonds is 5. The number of carbonyl (C=O) groups is 2. The van der Waals surface area contributed by atoms with Gasteiger partial charge < -0.3 is 9.47 Å². The second kappa shape index (κ2) is 6.02. The molecule has 1 rings (SSSR count). The van der Waals surface area contributed by atoms with Crippen molar-refractivity contribution in [3.63, 3.8) is 0 Å². The highest BCUT2D eigenvalue weighted by molar-refractivity contribution is 6.06. The number of benzene rings is 1. The van der Waals surface area contributed by atoms with E-state index in [2.05, 4.69) is 0 Å². The van der Waals surface area contributed by atoms with Gasteiger partial charge in [0.2, 0.25) is 0 Å². The molecule has 0 amide bonds. The lowest BCUT2D eigenvalue weighted by atomic mass is 10.0. The van der Waals surface area contributed by atoms with Gasteiger partial charge in [0, 0.05) is 12.7 Å². The van der Waals surface area contributed by atoms with E-state index >= 15 is 0 Å². The summed E-state index contributed by atoms with van der Waals surface area (Å²) in [5, 5.41) is 0. The molecule has 0 fully saturated rings. The summed E-state index contributed by atoms with van der Waals surface area (Å²) in [7, 11) is 1.44. The molecule has 0 radical (unpaired) electrons. The Morgan fingerprint density at radius 1 is 1.19 bits per heavy atom. The van der Waals surface area contributed by atoms with Crippen LogP contribution in [0.1, 0.15) is 27.6 Å². The van der Waals surface area contributed by atoms with Crippen molar-refractivity contribution in [1.82, 2.24) is 0 Å². The van der Waals surface area contributed by atoms with Crippen molar-refractivity contribution in [3.8, 4) is 0 Å². The lowest BCUT2D eigenvalue weighted by molar-refractivity contribution is 0.0521. The Morgan fingerprint density at radius 3 is 2.38 bits per heavy atom. The fourth-order valence-corrected chi connectivity index (χ4v) is 1.32. The molecule has 0 bridgehead atoms. The fraction of sp³-hybridized carbons (Fsp3) is 0.333. The van der Waals surface area contributed by atoms with E-state index in [4.69, 9.17) is 9.47 Å².